The molecule has 0 saturated carbocycles. The van der Waals surface area contributed by atoms with Gasteiger partial charge in [0.25, 0.3) is 0 Å². The number of carbonyl (C=O) groups is 2. The maximum atomic E-state index is 12.5. The summed E-state index contributed by atoms with van der Waals surface area (Å²) in [5.74, 6) is -0.705. The molecule has 0 unspecified atom stereocenters. The Morgan fingerprint density at radius 2 is 1.96 bits per heavy atom. The molecule has 2 aromatic heterocycles. The van der Waals surface area contributed by atoms with Crippen molar-refractivity contribution in [2.75, 3.05) is 7.11 Å². The Balaban J connectivity index is 2.05. The summed E-state index contributed by atoms with van der Waals surface area (Å²) in [4.78, 5) is 28.5. The third-order valence-corrected chi connectivity index (χ3v) is 3.53. The van der Waals surface area contributed by atoms with Crippen LogP contribution in [-0.4, -0.2) is 30.1 Å². The van der Waals surface area contributed by atoms with Crippen LogP contribution in [0.2, 0.25) is 0 Å². The van der Waals surface area contributed by atoms with E-state index in [1.165, 1.54) is 20.3 Å². The molecule has 1 atom stereocenters. The smallest absolute Gasteiger partial charge is 0.346 e. The molecule has 0 bridgehead atoms. The lowest BCUT2D eigenvalue weighted by atomic mass is 10.1. The fourth-order valence-corrected chi connectivity index (χ4v) is 2.33. The number of fused-ring (bicyclic) bond motifs is 1. The van der Waals surface area contributed by atoms with E-state index >= 15 is 0 Å². The largest absolute Gasteiger partial charge is 0.466 e. The van der Waals surface area contributed by atoms with Gasteiger partial charge in [-0.25, -0.2) is 14.6 Å². The Morgan fingerprint density at radius 3 is 2.67 bits per heavy atom. The Morgan fingerprint density at radius 1 is 1.17 bits per heavy atom. The Hall–Kier alpha value is -3.15. The third-order valence-electron chi connectivity index (χ3n) is 3.53. The van der Waals surface area contributed by atoms with E-state index in [2.05, 4.69) is 9.72 Å². The normalized spacial score (nSPS) is 11.9. The number of rotatable bonds is 4. The highest BCUT2D eigenvalue weighted by Gasteiger charge is 2.22. The molecule has 6 heteroatoms. The van der Waals surface area contributed by atoms with Gasteiger partial charge in [0, 0.05) is 5.39 Å². The lowest BCUT2D eigenvalue weighted by Gasteiger charge is -2.12. The van der Waals surface area contributed by atoms with Crippen LogP contribution in [0.1, 0.15) is 17.3 Å². The number of furan rings is 1. The third kappa shape index (κ3) is 2.99. The van der Waals surface area contributed by atoms with Crippen LogP contribution in [0, 0.1) is 0 Å². The van der Waals surface area contributed by atoms with E-state index in [-0.39, 0.29) is 0 Å². The van der Waals surface area contributed by atoms with Gasteiger partial charge in [-0.05, 0) is 31.2 Å². The SMILES string of the molecule is COC(=O)[C@@H](C)OC(=O)c1cc(-c2ccco2)nc2ccccc12. The van der Waals surface area contributed by atoms with Crippen molar-refractivity contribution in [1.82, 2.24) is 4.98 Å². The van der Waals surface area contributed by atoms with Gasteiger partial charge in [-0.1, -0.05) is 18.2 Å². The van der Waals surface area contributed by atoms with Gasteiger partial charge >= 0.3 is 11.9 Å². The minimum absolute atomic E-state index is 0.308. The lowest BCUT2D eigenvalue weighted by Crippen LogP contribution is -2.25. The molecule has 3 aromatic rings. The van der Waals surface area contributed by atoms with Gasteiger partial charge in [0.05, 0.1) is 24.5 Å². The van der Waals surface area contributed by atoms with E-state index in [4.69, 9.17) is 9.15 Å². The molecule has 0 spiro atoms. The molecule has 122 valence electrons. The first-order valence-corrected chi connectivity index (χ1v) is 7.32. The zero-order valence-corrected chi connectivity index (χ0v) is 13.2. The predicted octanol–water partition coefficient (Wildman–Crippen LogP) is 3.21. The van der Waals surface area contributed by atoms with Crippen LogP contribution in [0.5, 0.6) is 0 Å². The number of esters is 2. The van der Waals surface area contributed by atoms with Gasteiger partial charge in [0.1, 0.15) is 5.69 Å². The number of benzene rings is 1. The van der Waals surface area contributed by atoms with Gasteiger partial charge in [-0.3, -0.25) is 0 Å². The van der Waals surface area contributed by atoms with E-state index in [1.807, 2.05) is 6.07 Å². The fraction of sp³-hybridized carbons (Fsp3) is 0.167. The maximum Gasteiger partial charge on any atom is 0.346 e. The van der Waals surface area contributed by atoms with Crippen LogP contribution in [0.3, 0.4) is 0 Å². The van der Waals surface area contributed by atoms with Crippen LogP contribution < -0.4 is 0 Å². The van der Waals surface area contributed by atoms with Crippen LogP contribution in [0.4, 0.5) is 0 Å². The molecule has 0 radical (unpaired) electrons. The zero-order valence-electron chi connectivity index (χ0n) is 13.2. The van der Waals surface area contributed by atoms with Gasteiger partial charge in [0.15, 0.2) is 11.9 Å². The second-order valence-electron chi connectivity index (χ2n) is 5.12. The number of ether oxygens (including phenoxy) is 2. The molecule has 0 saturated heterocycles. The van der Waals surface area contributed by atoms with Gasteiger partial charge < -0.3 is 13.9 Å². The Bertz CT molecular complexity index is 886. The molecule has 6 nitrogen and oxygen atoms in total. The predicted molar refractivity (Wildman–Crippen MR) is 86.3 cm³/mol. The van der Waals surface area contributed by atoms with Crippen molar-refractivity contribution in [2.24, 2.45) is 0 Å². The number of nitrogens with zero attached hydrogens (tertiary/aromatic N) is 1. The highest BCUT2D eigenvalue weighted by molar-refractivity contribution is 6.05. The summed E-state index contributed by atoms with van der Waals surface area (Å²) in [5.41, 5.74) is 1.45. The summed E-state index contributed by atoms with van der Waals surface area (Å²) in [6.45, 7) is 1.46. The highest BCUT2D eigenvalue weighted by atomic mass is 16.6. The molecule has 0 N–H and O–H groups in total. The minimum Gasteiger partial charge on any atom is -0.466 e. The van der Waals surface area contributed by atoms with Crippen LogP contribution in [-0.2, 0) is 14.3 Å². The van der Waals surface area contributed by atoms with E-state index in [0.717, 1.165) is 0 Å². The summed E-state index contributed by atoms with van der Waals surface area (Å²) in [7, 11) is 1.24. The Kier molecular flexibility index (Phi) is 4.29. The number of hydrogen-bond donors (Lipinski definition) is 0. The van der Waals surface area contributed by atoms with Crippen molar-refractivity contribution in [3.8, 4) is 11.5 Å². The van der Waals surface area contributed by atoms with Crippen molar-refractivity contribution in [1.29, 1.82) is 0 Å². The Labute approximate surface area is 138 Å². The second kappa shape index (κ2) is 6.54. The monoisotopic (exact) mass is 325 g/mol. The van der Waals surface area contributed by atoms with E-state index in [1.54, 1.807) is 36.4 Å². The molecule has 3 rings (SSSR count). The molecule has 2 heterocycles. The van der Waals surface area contributed by atoms with Crippen LogP contribution in [0.25, 0.3) is 22.4 Å². The second-order valence-corrected chi connectivity index (χ2v) is 5.12. The summed E-state index contributed by atoms with van der Waals surface area (Å²) in [6.07, 6.45) is 0.533. The van der Waals surface area contributed by atoms with E-state index in [9.17, 15) is 9.59 Å². The molecule has 0 aliphatic heterocycles. The number of carbonyl (C=O) groups excluding carboxylic acids is 2. The number of methoxy groups -OCH3 is 1. The standard InChI is InChI=1S/C18H15NO5/c1-11(17(20)22-2)24-18(21)13-10-15(16-8-5-9-23-16)19-14-7-4-3-6-12(13)14/h3-11H,1-2H3/t11-/m1/s1. The average Bonchev–Trinajstić information content (AvgIpc) is 3.14. The van der Waals surface area contributed by atoms with Crippen LogP contribution >= 0.6 is 0 Å². The molecule has 0 amide bonds. The fourth-order valence-electron chi connectivity index (χ4n) is 2.33. The number of hydrogen-bond acceptors (Lipinski definition) is 6. The maximum absolute atomic E-state index is 12.5. The molecular weight excluding hydrogens is 310 g/mol. The molecule has 0 aliphatic rings. The summed E-state index contributed by atoms with van der Waals surface area (Å²) < 4.78 is 15.1. The first-order chi connectivity index (χ1) is 11.6. The van der Waals surface area contributed by atoms with Crippen molar-refractivity contribution in [3.05, 3.63) is 54.3 Å². The summed E-state index contributed by atoms with van der Waals surface area (Å²) >= 11 is 0. The molecular formula is C18H15NO5. The number of aromatic nitrogens is 1. The van der Waals surface area contributed by atoms with Crippen molar-refractivity contribution < 1.29 is 23.5 Å². The molecule has 1 aromatic carbocycles. The van der Waals surface area contributed by atoms with Gasteiger partial charge in [-0.2, -0.15) is 0 Å². The van der Waals surface area contributed by atoms with Crippen LogP contribution in [0.15, 0.2) is 53.1 Å². The van der Waals surface area contributed by atoms with Crippen molar-refractivity contribution >= 4 is 22.8 Å². The van der Waals surface area contributed by atoms with E-state index in [0.29, 0.717) is 27.9 Å². The molecule has 24 heavy (non-hydrogen) atoms. The first kappa shape index (κ1) is 15.7. The number of para-hydroxylation sites is 1. The van der Waals surface area contributed by atoms with Crippen molar-refractivity contribution in [3.63, 3.8) is 0 Å². The lowest BCUT2D eigenvalue weighted by molar-refractivity contribution is -0.149. The molecule has 0 aliphatic carbocycles. The first-order valence-electron chi connectivity index (χ1n) is 7.32. The minimum atomic E-state index is -0.999. The number of pyridine rings is 1. The topological polar surface area (TPSA) is 78.6 Å². The van der Waals surface area contributed by atoms with E-state index < -0.39 is 18.0 Å². The molecule has 0 fully saturated rings. The average molecular weight is 325 g/mol. The quantitative estimate of drug-likeness (QED) is 0.685. The highest BCUT2D eigenvalue weighted by Crippen LogP contribution is 2.26. The van der Waals surface area contributed by atoms with Crippen molar-refractivity contribution in [2.45, 2.75) is 13.0 Å². The van der Waals surface area contributed by atoms with Gasteiger partial charge in [-0.15, -0.1) is 0 Å². The zero-order chi connectivity index (χ0) is 17.1. The van der Waals surface area contributed by atoms with Gasteiger partial charge in [0.2, 0.25) is 0 Å². The summed E-state index contributed by atoms with van der Waals surface area (Å²) in [5, 5.41) is 0.634. The summed E-state index contributed by atoms with van der Waals surface area (Å²) in [6, 6.07) is 12.3.